The van der Waals surface area contributed by atoms with Crippen molar-refractivity contribution in [3.63, 3.8) is 0 Å². The normalized spacial score (nSPS) is 15.8. The van der Waals surface area contributed by atoms with E-state index in [1.807, 2.05) is 31.2 Å². The second-order valence-electron chi connectivity index (χ2n) is 7.08. The Morgan fingerprint density at radius 1 is 1.12 bits per heavy atom. The smallest absolute Gasteiger partial charge is 0.238 e. The topological polar surface area (TPSA) is 38.8 Å². The standard InChI is InChI=1S/C24H20ClFINO3S/c1-2-30-21-12-16(11-20(27)23(21)31-13-15-3-7-18(26)8-4-15)24-28(22(29)14-32-24)19-9-5-17(25)6-10-19/h3-12,24H,2,13-14H2,1H3/t24-/m0/s1. The van der Waals surface area contributed by atoms with Gasteiger partial charge in [0.05, 0.1) is 15.9 Å². The summed E-state index contributed by atoms with van der Waals surface area (Å²) in [6, 6.07) is 17.4. The Bertz CT molecular complexity index is 1110. The van der Waals surface area contributed by atoms with Gasteiger partial charge in [-0.25, -0.2) is 4.39 Å². The van der Waals surface area contributed by atoms with Crippen LogP contribution in [0.15, 0.2) is 60.7 Å². The van der Waals surface area contributed by atoms with Crippen LogP contribution < -0.4 is 14.4 Å². The molecular weight excluding hydrogens is 564 g/mol. The molecule has 0 spiro atoms. The fraction of sp³-hybridized carbons (Fsp3) is 0.208. The lowest BCUT2D eigenvalue weighted by molar-refractivity contribution is -0.115. The van der Waals surface area contributed by atoms with Crippen molar-refractivity contribution in [3.05, 3.63) is 86.2 Å². The average Bonchev–Trinajstić information content (AvgIpc) is 3.16. The van der Waals surface area contributed by atoms with Crippen molar-refractivity contribution in [2.75, 3.05) is 17.3 Å². The Balaban J connectivity index is 1.63. The van der Waals surface area contributed by atoms with Crippen LogP contribution in [0.2, 0.25) is 5.02 Å². The van der Waals surface area contributed by atoms with E-state index in [0.717, 1.165) is 20.4 Å². The second kappa shape index (κ2) is 10.3. The molecule has 166 valence electrons. The predicted octanol–water partition coefficient (Wildman–Crippen LogP) is 6.84. The van der Waals surface area contributed by atoms with E-state index in [1.165, 1.54) is 12.1 Å². The van der Waals surface area contributed by atoms with Gasteiger partial charge in [-0.1, -0.05) is 23.7 Å². The third-order valence-corrected chi connectivity index (χ3v) is 7.15. The van der Waals surface area contributed by atoms with Gasteiger partial charge < -0.3 is 9.47 Å². The first-order valence-electron chi connectivity index (χ1n) is 9.99. The summed E-state index contributed by atoms with van der Waals surface area (Å²) >= 11 is 9.82. The van der Waals surface area contributed by atoms with Gasteiger partial charge in [-0.3, -0.25) is 9.69 Å². The van der Waals surface area contributed by atoms with Crippen LogP contribution in [0.5, 0.6) is 11.5 Å². The summed E-state index contributed by atoms with van der Waals surface area (Å²) in [4.78, 5) is 14.5. The van der Waals surface area contributed by atoms with E-state index in [0.29, 0.717) is 35.5 Å². The molecular formula is C24H20ClFINO3S. The van der Waals surface area contributed by atoms with Gasteiger partial charge in [0.15, 0.2) is 11.5 Å². The fourth-order valence-corrected chi connectivity index (χ4v) is 5.48. The highest BCUT2D eigenvalue weighted by Crippen LogP contribution is 2.45. The van der Waals surface area contributed by atoms with Crippen LogP contribution >= 0.6 is 46.0 Å². The van der Waals surface area contributed by atoms with E-state index in [2.05, 4.69) is 22.6 Å². The molecule has 4 nitrogen and oxygen atoms in total. The molecule has 1 saturated heterocycles. The zero-order chi connectivity index (χ0) is 22.7. The number of amides is 1. The molecule has 0 aliphatic carbocycles. The van der Waals surface area contributed by atoms with Crippen LogP contribution in [0.25, 0.3) is 0 Å². The number of thioether (sulfide) groups is 1. The Morgan fingerprint density at radius 2 is 1.84 bits per heavy atom. The van der Waals surface area contributed by atoms with Gasteiger partial charge in [-0.15, -0.1) is 11.8 Å². The van der Waals surface area contributed by atoms with Crippen LogP contribution in [-0.4, -0.2) is 18.3 Å². The average molecular weight is 584 g/mol. The lowest BCUT2D eigenvalue weighted by Gasteiger charge is -2.25. The van der Waals surface area contributed by atoms with Crippen molar-refractivity contribution >= 4 is 57.5 Å². The van der Waals surface area contributed by atoms with Crippen molar-refractivity contribution in [3.8, 4) is 11.5 Å². The molecule has 1 atom stereocenters. The first kappa shape index (κ1) is 23.2. The number of rotatable bonds is 7. The number of nitrogens with zero attached hydrogens (tertiary/aromatic N) is 1. The summed E-state index contributed by atoms with van der Waals surface area (Å²) in [6.45, 7) is 2.69. The van der Waals surface area contributed by atoms with Crippen molar-refractivity contribution < 1.29 is 18.7 Å². The number of hydrogen-bond donors (Lipinski definition) is 0. The molecule has 3 aromatic carbocycles. The van der Waals surface area contributed by atoms with Crippen LogP contribution in [0.3, 0.4) is 0 Å². The van der Waals surface area contributed by atoms with Gasteiger partial charge in [-0.05, 0) is 89.2 Å². The van der Waals surface area contributed by atoms with Crippen LogP contribution in [0.4, 0.5) is 10.1 Å². The van der Waals surface area contributed by atoms with Crippen molar-refractivity contribution in [2.45, 2.75) is 18.9 Å². The lowest BCUT2D eigenvalue weighted by atomic mass is 10.1. The molecule has 1 fully saturated rings. The summed E-state index contributed by atoms with van der Waals surface area (Å²) in [5, 5.41) is 0.447. The Labute approximate surface area is 209 Å². The number of halogens is 3. The molecule has 0 bridgehead atoms. The minimum atomic E-state index is -0.281. The third kappa shape index (κ3) is 5.15. The molecule has 1 heterocycles. The highest BCUT2D eigenvalue weighted by atomic mass is 127. The van der Waals surface area contributed by atoms with E-state index in [-0.39, 0.29) is 17.1 Å². The van der Waals surface area contributed by atoms with Gasteiger partial charge in [0.1, 0.15) is 17.8 Å². The van der Waals surface area contributed by atoms with Crippen molar-refractivity contribution in [2.24, 2.45) is 0 Å². The monoisotopic (exact) mass is 583 g/mol. The first-order chi connectivity index (χ1) is 15.5. The molecule has 0 aromatic heterocycles. The highest BCUT2D eigenvalue weighted by molar-refractivity contribution is 14.1. The van der Waals surface area contributed by atoms with Crippen LogP contribution in [-0.2, 0) is 11.4 Å². The molecule has 0 N–H and O–H groups in total. The summed E-state index contributed by atoms with van der Waals surface area (Å²) in [6.07, 6.45) is 0. The van der Waals surface area contributed by atoms with Gasteiger partial charge in [0, 0.05) is 10.7 Å². The molecule has 1 aliphatic heterocycles. The quantitative estimate of drug-likeness (QED) is 0.286. The minimum absolute atomic E-state index is 0.0481. The molecule has 1 aliphatic rings. The van der Waals surface area contributed by atoms with E-state index in [4.69, 9.17) is 21.1 Å². The van der Waals surface area contributed by atoms with E-state index < -0.39 is 0 Å². The summed E-state index contributed by atoms with van der Waals surface area (Å²) in [5.74, 6) is 1.42. The number of hydrogen-bond acceptors (Lipinski definition) is 4. The summed E-state index contributed by atoms with van der Waals surface area (Å²) in [5.41, 5.74) is 2.62. The molecule has 0 unspecified atom stereocenters. The van der Waals surface area contributed by atoms with Gasteiger partial charge in [-0.2, -0.15) is 0 Å². The fourth-order valence-electron chi connectivity index (χ4n) is 3.42. The number of carbonyl (C=O) groups is 1. The maximum atomic E-state index is 13.2. The SMILES string of the molecule is CCOc1cc([C@@H]2SCC(=O)N2c2ccc(Cl)cc2)cc(I)c1OCc1ccc(F)cc1. The van der Waals surface area contributed by atoms with E-state index in [1.54, 1.807) is 40.9 Å². The van der Waals surface area contributed by atoms with Crippen molar-refractivity contribution in [1.82, 2.24) is 0 Å². The van der Waals surface area contributed by atoms with Gasteiger partial charge in [0.2, 0.25) is 5.91 Å². The zero-order valence-corrected chi connectivity index (χ0v) is 20.9. The molecule has 8 heteroatoms. The summed E-state index contributed by atoms with van der Waals surface area (Å²) in [7, 11) is 0. The number of carbonyl (C=O) groups excluding carboxylic acids is 1. The zero-order valence-electron chi connectivity index (χ0n) is 17.2. The lowest BCUT2D eigenvalue weighted by Crippen LogP contribution is -2.27. The summed E-state index contributed by atoms with van der Waals surface area (Å²) < 4.78 is 26.0. The van der Waals surface area contributed by atoms with Gasteiger partial charge >= 0.3 is 0 Å². The molecule has 3 aromatic rings. The number of benzene rings is 3. The van der Waals surface area contributed by atoms with E-state index in [9.17, 15) is 9.18 Å². The third-order valence-electron chi connectivity index (χ3n) is 4.89. The predicted molar refractivity (Wildman–Crippen MR) is 135 cm³/mol. The first-order valence-corrected chi connectivity index (χ1v) is 12.5. The molecule has 0 saturated carbocycles. The highest BCUT2D eigenvalue weighted by Gasteiger charge is 2.35. The molecule has 32 heavy (non-hydrogen) atoms. The largest absolute Gasteiger partial charge is 0.490 e. The molecule has 4 rings (SSSR count). The Morgan fingerprint density at radius 3 is 2.53 bits per heavy atom. The second-order valence-corrected chi connectivity index (χ2v) is 9.75. The number of ether oxygens (including phenoxy) is 2. The van der Waals surface area contributed by atoms with Crippen molar-refractivity contribution in [1.29, 1.82) is 0 Å². The van der Waals surface area contributed by atoms with Crippen LogP contribution in [0, 0.1) is 9.39 Å². The maximum absolute atomic E-state index is 13.2. The Kier molecular flexibility index (Phi) is 7.48. The van der Waals surface area contributed by atoms with E-state index >= 15 is 0 Å². The van der Waals surface area contributed by atoms with Crippen LogP contribution in [0.1, 0.15) is 23.4 Å². The van der Waals surface area contributed by atoms with Gasteiger partial charge in [0.25, 0.3) is 0 Å². The number of anilines is 1. The Hall–Kier alpha value is -1.97. The maximum Gasteiger partial charge on any atom is 0.238 e. The molecule has 1 amide bonds. The molecule has 0 radical (unpaired) electrons. The minimum Gasteiger partial charge on any atom is -0.490 e.